The van der Waals surface area contributed by atoms with Gasteiger partial charge in [0.05, 0.1) is 35.8 Å². The summed E-state index contributed by atoms with van der Waals surface area (Å²) >= 11 is 0. The van der Waals surface area contributed by atoms with Crippen LogP contribution < -0.4 is 10.1 Å². The Bertz CT molecular complexity index is 1240. The molecule has 2 aromatic carbocycles. The Morgan fingerprint density at radius 2 is 1.87 bits per heavy atom. The average molecular weight is 419 g/mol. The van der Waals surface area contributed by atoms with Crippen LogP contribution in [0.15, 0.2) is 59.4 Å². The van der Waals surface area contributed by atoms with Gasteiger partial charge in [-0.15, -0.1) is 0 Å². The van der Waals surface area contributed by atoms with Gasteiger partial charge in [0.1, 0.15) is 5.75 Å². The molecule has 0 aliphatic carbocycles. The number of carbonyl (C=O) groups excluding carboxylic acids is 2. The second-order valence-corrected chi connectivity index (χ2v) is 6.37. The lowest BCUT2D eigenvalue weighted by molar-refractivity contribution is -0.115. The van der Waals surface area contributed by atoms with Gasteiger partial charge < -0.3 is 19.3 Å². The van der Waals surface area contributed by atoms with E-state index in [4.69, 9.17) is 14.0 Å². The standard InChI is InChI=1S/C21H17N5O5/c1-29-17-5-3-2-4-15(17)24-19(27)11-18-25-20(31-26-18)12-30-21(28)13-6-7-14-16(10-13)23-9-8-22-14/h2-10H,11-12H2,1H3,(H,24,27). The van der Waals surface area contributed by atoms with E-state index in [9.17, 15) is 9.59 Å². The van der Waals surface area contributed by atoms with Crippen molar-refractivity contribution in [2.75, 3.05) is 12.4 Å². The van der Waals surface area contributed by atoms with E-state index >= 15 is 0 Å². The Hall–Kier alpha value is -4.34. The smallest absolute Gasteiger partial charge is 0.338 e. The van der Waals surface area contributed by atoms with Crippen molar-refractivity contribution in [2.45, 2.75) is 13.0 Å². The monoisotopic (exact) mass is 419 g/mol. The Morgan fingerprint density at radius 1 is 1.06 bits per heavy atom. The molecule has 0 aliphatic heterocycles. The first-order chi connectivity index (χ1) is 15.1. The lowest BCUT2D eigenvalue weighted by Gasteiger charge is -2.08. The highest BCUT2D eigenvalue weighted by atomic mass is 16.6. The minimum atomic E-state index is -0.568. The van der Waals surface area contributed by atoms with Gasteiger partial charge in [0.2, 0.25) is 5.91 Å². The number of esters is 1. The highest BCUT2D eigenvalue weighted by Crippen LogP contribution is 2.23. The van der Waals surface area contributed by atoms with Gasteiger partial charge in [-0.2, -0.15) is 4.98 Å². The molecule has 0 bridgehead atoms. The molecule has 2 aromatic heterocycles. The molecule has 1 N–H and O–H groups in total. The van der Waals surface area contributed by atoms with E-state index in [1.807, 2.05) is 0 Å². The molecule has 0 aliphatic rings. The van der Waals surface area contributed by atoms with Gasteiger partial charge in [0.25, 0.3) is 5.89 Å². The summed E-state index contributed by atoms with van der Waals surface area (Å²) in [5.41, 5.74) is 2.11. The summed E-state index contributed by atoms with van der Waals surface area (Å²) in [7, 11) is 1.52. The molecule has 0 spiro atoms. The number of hydrogen-bond donors (Lipinski definition) is 1. The fourth-order valence-electron chi connectivity index (χ4n) is 2.81. The minimum Gasteiger partial charge on any atom is -0.495 e. The number of para-hydroxylation sites is 2. The van der Waals surface area contributed by atoms with Gasteiger partial charge in [-0.3, -0.25) is 14.8 Å². The number of amides is 1. The Labute approximate surface area is 176 Å². The summed E-state index contributed by atoms with van der Waals surface area (Å²) in [5, 5.41) is 6.47. The molecule has 31 heavy (non-hydrogen) atoms. The predicted molar refractivity (Wildman–Crippen MR) is 108 cm³/mol. The maximum absolute atomic E-state index is 12.3. The lowest BCUT2D eigenvalue weighted by atomic mass is 10.2. The highest BCUT2D eigenvalue weighted by molar-refractivity contribution is 5.94. The zero-order chi connectivity index (χ0) is 21.6. The quantitative estimate of drug-likeness (QED) is 0.449. The SMILES string of the molecule is COc1ccccc1NC(=O)Cc1noc(COC(=O)c2ccc3nccnc3c2)n1. The number of ether oxygens (including phenoxy) is 2. The van der Waals surface area contributed by atoms with Crippen LogP contribution in [0.5, 0.6) is 5.75 Å². The first-order valence-corrected chi connectivity index (χ1v) is 9.24. The van der Waals surface area contributed by atoms with Crippen LogP contribution in [0.4, 0.5) is 5.69 Å². The number of rotatable bonds is 7. The Morgan fingerprint density at radius 3 is 2.71 bits per heavy atom. The highest BCUT2D eigenvalue weighted by Gasteiger charge is 2.15. The number of methoxy groups -OCH3 is 1. The summed E-state index contributed by atoms with van der Waals surface area (Å²) in [6.45, 7) is -0.224. The molecule has 0 radical (unpaired) electrons. The van der Waals surface area contributed by atoms with E-state index < -0.39 is 5.97 Å². The molecule has 4 rings (SSSR count). The largest absolute Gasteiger partial charge is 0.495 e. The number of hydrogen-bond acceptors (Lipinski definition) is 9. The van der Waals surface area contributed by atoms with Gasteiger partial charge in [0.15, 0.2) is 12.4 Å². The van der Waals surface area contributed by atoms with Crippen molar-refractivity contribution in [3.63, 3.8) is 0 Å². The van der Waals surface area contributed by atoms with E-state index in [1.165, 1.54) is 7.11 Å². The summed E-state index contributed by atoms with van der Waals surface area (Å²) in [6.07, 6.45) is 3.00. The topological polar surface area (TPSA) is 129 Å². The van der Waals surface area contributed by atoms with Crippen LogP contribution in [0.25, 0.3) is 11.0 Å². The fraction of sp³-hybridized carbons (Fsp3) is 0.143. The van der Waals surface area contributed by atoms with E-state index in [-0.39, 0.29) is 30.7 Å². The normalized spacial score (nSPS) is 10.6. The van der Waals surface area contributed by atoms with Crippen LogP contribution in [0, 0.1) is 0 Å². The van der Waals surface area contributed by atoms with Gasteiger partial charge >= 0.3 is 5.97 Å². The van der Waals surface area contributed by atoms with E-state index in [0.717, 1.165) is 0 Å². The summed E-state index contributed by atoms with van der Waals surface area (Å²) in [6, 6.07) is 11.9. The molecule has 2 heterocycles. The number of nitrogens with zero attached hydrogens (tertiary/aromatic N) is 4. The Kier molecular flexibility index (Phi) is 5.79. The number of anilines is 1. The third kappa shape index (κ3) is 4.81. The second-order valence-electron chi connectivity index (χ2n) is 6.37. The number of fused-ring (bicyclic) bond motifs is 1. The van der Waals surface area contributed by atoms with Gasteiger partial charge in [0, 0.05) is 12.4 Å². The second kappa shape index (κ2) is 8.99. The zero-order valence-electron chi connectivity index (χ0n) is 16.4. The molecule has 0 saturated heterocycles. The summed E-state index contributed by atoms with van der Waals surface area (Å²) < 4.78 is 15.5. The fourth-order valence-corrected chi connectivity index (χ4v) is 2.81. The van der Waals surface area contributed by atoms with Gasteiger partial charge in [-0.1, -0.05) is 17.3 Å². The molecule has 0 unspecified atom stereocenters. The molecule has 10 heteroatoms. The summed E-state index contributed by atoms with van der Waals surface area (Å²) in [4.78, 5) is 36.9. The molecular weight excluding hydrogens is 402 g/mol. The van der Waals surface area contributed by atoms with Crippen LogP contribution in [-0.2, 0) is 22.6 Å². The first kappa shape index (κ1) is 20.0. The number of nitrogens with one attached hydrogen (secondary N) is 1. The zero-order valence-corrected chi connectivity index (χ0v) is 16.4. The molecule has 1 amide bonds. The third-order valence-electron chi connectivity index (χ3n) is 4.24. The van der Waals surface area contributed by atoms with Crippen molar-refractivity contribution in [3.8, 4) is 5.75 Å². The van der Waals surface area contributed by atoms with E-state index in [0.29, 0.717) is 28.0 Å². The van der Waals surface area contributed by atoms with Crippen LogP contribution >= 0.6 is 0 Å². The van der Waals surface area contributed by atoms with Crippen LogP contribution in [-0.4, -0.2) is 39.1 Å². The van der Waals surface area contributed by atoms with Crippen molar-refractivity contribution in [3.05, 3.63) is 72.1 Å². The minimum absolute atomic E-state index is 0.0778. The molecule has 4 aromatic rings. The maximum Gasteiger partial charge on any atom is 0.338 e. The number of benzene rings is 2. The van der Waals surface area contributed by atoms with Crippen molar-refractivity contribution in [1.29, 1.82) is 0 Å². The molecule has 156 valence electrons. The van der Waals surface area contributed by atoms with Crippen molar-refractivity contribution in [1.82, 2.24) is 20.1 Å². The molecule has 0 atom stereocenters. The first-order valence-electron chi connectivity index (χ1n) is 9.24. The van der Waals surface area contributed by atoms with Gasteiger partial charge in [-0.05, 0) is 30.3 Å². The Balaban J connectivity index is 1.33. The van der Waals surface area contributed by atoms with Crippen molar-refractivity contribution < 1.29 is 23.6 Å². The molecule has 0 fully saturated rings. The molecule has 0 saturated carbocycles. The number of carbonyl (C=O) groups is 2. The number of aromatic nitrogens is 4. The summed E-state index contributed by atoms with van der Waals surface area (Å²) in [5.74, 6) is -0.128. The molecular formula is C21H17N5O5. The molecule has 10 nitrogen and oxygen atoms in total. The van der Waals surface area contributed by atoms with Gasteiger partial charge in [-0.25, -0.2) is 4.79 Å². The maximum atomic E-state index is 12.3. The average Bonchev–Trinajstić information content (AvgIpc) is 3.24. The van der Waals surface area contributed by atoms with E-state index in [2.05, 4.69) is 25.4 Å². The van der Waals surface area contributed by atoms with Crippen molar-refractivity contribution >= 4 is 28.6 Å². The van der Waals surface area contributed by atoms with E-state index in [1.54, 1.807) is 54.9 Å². The van der Waals surface area contributed by atoms with Crippen LogP contribution in [0.1, 0.15) is 22.1 Å². The van der Waals surface area contributed by atoms with Crippen LogP contribution in [0.3, 0.4) is 0 Å². The third-order valence-corrected chi connectivity index (χ3v) is 4.24. The van der Waals surface area contributed by atoms with Crippen LogP contribution in [0.2, 0.25) is 0 Å². The lowest BCUT2D eigenvalue weighted by Crippen LogP contribution is -2.15. The predicted octanol–water partition coefficient (Wildman–Crippen LogP) is 2.56. The van der Waals surface area contributed by atoms with Crippen molar-refractivity contribution in [2.24, 2.45) is 0 Å².